The second-order valence-corrected chi connectivity index (χ2v) is 5.23. The number of carbonyl (C=O) groups excluding carboxylic acids is 2. The lowest BCUT2D eigenvalue weighted by atomic mass is 10.0. The molecular formula is C16H25N3O3. The lowest BCUT2D eigenvalue weighted by Gasteiger charge is -2.21. The summed E-state index contributed by atoms with van der Waals surface area (Å²) in [4.78, 5) is 24.3. The fourth-order valence-electron chi connectivity index (χ4n) is 1.93. The maximum absolute atomic E-state index is 12.3. The Balaban J connectivity index is 2.72. The number of hydrogen-bond acceptors (Lipinski definition) is 4. The molecule has 0 aromatic heterocycles. The van der Waals surface area contributed by atoms with Crippen LogP contribution in [0.3, 0.4) is 0 Å². The van der Waals surface area contributed by atoms with Crippen molar-refractivity contribution in [1.29, 1.82) is 0 Å². The first-order valence-electron chi connectivity index (χ1n) is 7.51. The Morgan fingerprint density at radius 1 is 1.23 bits per heavy atom. The van der Waals surface area contributed by atoms with Gasteiger partial charge in [0.2, 0.25) is 5.91 Å². The van der Waals surface area contributed by atoms with Crippen molar-refractivity contribution in [2.45, 2.75) is 26.8 Å². The molecule has 2 amide bonds. The average Bonchev–Trinajstić information content (AvgIpc) is 2.50. The summed E-state index contributed by atoms with van der Waals surface area (Å²) in [7, 11) is 0. The molecule has 1 aromatic carbocycles. The van der Waals surface area contributed by atoms with Crippen LogP contribution in [0.1, 0.15) is 31.1 Å². The van der Waals surface area contributed by atoms with E-state index in [2.05, 4.69) is 10.6 Å². The van der Waals surface area contributed by atoms with E-state index in [0.29, 0.717) is 31.0 Å². The van der Waals surface area contributed by atoms with E-state index < -0.39 is 6.04 Å². The summed E-state index contributed by atoms with van der Waals surface area (Å²) < 4.78 is 5.33. The summed E-state index contributed by atoms with van der Waals surface area (Å²) >= 11 is 0. The van der Waals surface area contributed by atoms with E-state index in [-0.39, 0.29) is 17.7 Å². The molecule has 0 aliphatic carbocycles. The number of amides is 2. The minimum atomic E-state index is -0.592. The summed E-state index contributed by atoms with van der Waals surface area (Å²) in [5.74, 6) is 0.175. The van der Waals surface area contributed by atoms with Gasteiger partial charge in [0.05, 0.1) is 6.61 Å². The molecule has 0 radical (unpaired) electrons. The highest BCUT2D eigenvalue weighted by atomic mass is 16.5. The summed E-state index contributed by atoms with van der Waals surface area (Å²) in [5, 5.41) is 5.46. The molecule has 0 spiro atoms. The third kappa shape index (κ3) is 5.37. The Labute approximate surface area is 131 Å². The van der Waals surface area contributed by atoms with Crippen LogP contribution in [0.2, 0.25) is 0 Å². The second kappa shape index (κ2) is 9.04. The lowest BCUT2D eigenvalue weighted by molar-refractivity contribution is -0.123. The first-order chi connectivity index (χ1) is 10.5. The largest absolute Gasteiger partial charge is 0.494 e. The minimum absolute atomic E-state index is 0.0237. The van der Waals surface area contributed by atoms with Gasteiger partial charge in [0.25, 0.3) is 5.91 Å². The van der Waals surface area contributed by atoms with Gasteiger partial charge in [-0.05, 0) is 37.1 Å². The van der Waals surface area contributed by atoms with E-state index in [1.165, 1.54) is 0 Å². The predicted molar refractivity (Wildman–Crippen MR) is 85.8 cm³/mol. The lowest BCUT2D eigenvalue weighted by Crippen LogP contribution is -2.50. The minimum Gasteiger partial charge on any atom is -0.494 e. The van der Waals surface area contributed by atoms with Crippen molar-refractivity contribution in [2.24, 2.45) is 11.7 Å². The molecule has 6 nitrogen and oxygen atoms in total. The molecule has 0 bridgehead atoms. The molecule has 0 aliphatic rings. The first kappa shape index (κ1) is 18.0. The molecule has 0 saturated carbocycles. The van der Waals surface area contributed by atoms with Gasteiger partial charge in [-0.3, -0.25) is 9.59 Å². The van der Waals surface area contributed by atoms with E-state index in [9.17, 15) is 9.59 Å². The SMILES string of the molecule is CCOc1ccc(C(=O)NC(C(=O)NCCN)C(C)C)cc1. The average molecular weight is 307 g/mol. The maximum Gasteiger partial charge on any atom is 0.251 e. The van der Waals surface area contributed by atoms with Crippen LogP contribution >= 0.6 is 0 Å². The van der Waals surface area contributed by atoms with Crippen LogP contribution in [0.15, 0.2) is 24.3 Å². The van der Waals surface area contributed by atoms with Crippen molar-refractivity contribution in [3.8, 4) is 5.75 Å². The van der Waals surface area contributed by atoms with Crippen molar-refractivity contribution in [1.82, 2.24) is 10.6 Å². The Morgan fingerprint density at radius 2 is 1.86 bits per heavy atom. The van der Waals surface area contributed by atoms with Gasteiger partial charge >= 0.3 is 0 Å². The quantitative estimate of drug-likeness (QED) is 0.665. The van der Waals surface area contributed by atoms with Crippen molar-refractivity contribution in [2.75, 3.05) is 19.7 Å². The number of ether oxygens (including phenoxy) is 1. The molecular weight excluding hydrogens is 282 g/mol. The molecule has 1 atom stereocenters. The van der Waals surface area contributed by atoms with E-state index in [0.717, 1.165) is 0 Å². The van der Waals surface area contributed by atoms with E-state index in [4.69, 9.17) is 10.5 Å². The zero-order valence-corrected chi connectivity index (χ0v) is 13.4. The maximum atomic E-state index is 12.3. The second-order valence-electron chi connectivity index (χ2n) is 5.23. The van der Waals surface area contributed by atoms with E-state index in [1.807, 2.05) is 20.8 Å². The Kier molecular flexibility index (Phi) is 7.39. The summed E-state index contributed by atoms with van der Waals surface area (Å²) in [6.07, 6.45) is 0. The molecule has 6 heteroatoms. The van der Waals surface area contributed by atoms with Crippen molar-refractivity contribution >= 4 is 11.8 Å². The molecule has 4 N–H and O–H groups in total. The van der Waals surface area contributed by atoms with E-state index >= 15 is 0 Å². The van der Waals surface area contributed by atoms with Crippen LogP contribution in [-0.4, -0.2) is 37.6 Å². The topological polar surface area (TPSA) is 93.4 Å². The van der Waals surface area contributed by atoms with Gasteiger partial charge < -0.3 is 21.1 Å². The Bertz CT molecular complexity index is 486. The zero-order chi connectivity index (χ0) is 16.5. The number of rotatable bonds is 8. The number of nitrogens with one attached hydrogen (secondary N) is 2. The fourth-order valence-corrected chi connectivity index (χ4v) is 1.93. The van der Waals surface area contributed by atoms with Gasteiger partial charge in [-0.1, -0.05) is 13.8 Å². The number of benzene rings is 1. The third-order valence-electron chi connectivity index (χ3n) is 3.11. The molecule has 0 fully saturated rings. The zero-order valence-electron chi connectivity index (χ0n) is 13.4. The number of carbonyl (C=O) groups is 2. The summed E-state index contributed by atoms with van der Waals surface area (Å²) in [6, 6.07) is 6.23. The monoisotopic (exact) mass is 307 g/mol. The van der Waals surface area contributed by atoms with Gasteiger partial charge in [-0.25, -0.2) is 0 Å². The molecule has 1 rings (SSSR count). The van der Waals surface area contributed by atoms with Crippen LogP contribution in [0.5, 0.6) is 5.75 Å². The standard InChI is InChI=1S/C16H25N3O3/c1-4-22-13-7-5-12(6-8-13)15(20)19-14(11(2)3)16(21)18-10-9-17/h5-8,11,14H,4,9-10,17H2,1-3H3,(H,18,21)(H,19,20). The Hall–Kier alpha value is -2.08. The third-order valence-corrected chi connectivity index (χ3v) is 3.11. The van der Waals surface area contributed by atoms with Gasteiger partial charge in [0, 0.05) is 18.7 Å². The number of nitrogens with two attached hydrogens (primary N) is 1. The molecule has 122 valence electrons. The fraction of sp³-hybridized carbons (Fsp3) is 0.500. The summed E-state index contributed by atoms with van der Waals surface area (Å²) in [5.41, 5.74) is 5.86. The normalized spacial score (nSPS) is 11.9. The van der Waals surface area contributed by atoms with Crippen LogP contribution in [-0.2, 0) is 4.79 Å². The van der Waals surface area contributed by atoms with Gasteiger partial charge in [0.1, 0.15) is 11.8 Å². The van der Waals surface area contributed by atoms with Crippen molar-refractivity contribution in [3.05, 3.63) is 29.8 Å². The molecule has 0 heterocycles. The molecule has 1 unspecified atom stereocenters. The van der Waals surface area contributed by atoms with Crippen LogP contribution in [0.4, 0.5) is 0 Å². The molecule has 1 aromatic rings. The highest BCUT2D eigenvalue weighted by Crippen LogP contribution is 2.12. The molecule has 0 saturated heterocycles. The molecule has 22 heavy (non-hydrogen) atoms. The number of hydrogen-bond donors (Lipinski definition) is 3. The van der Waals surface area contributed by atoms with Gasteiger partial charge in [-0.2, -0.15) is 0 Å². The van der Waals surface area contributed by atoms with Crippen molar-refractivity contribution in [3.63, 3.8) is 0 Å². The van der Waals surface area contributed by atoms with Gasteiger partial charge in [-0.15, -0.1) is 0 Å². The smallest absolute Gasteiger partial charge is 0.251 e. The highest BCUT2D eigenvalue weighted by molar-refractivity contribution is 5.97. The van der Waals surface area contributed by atoms with Crippen LogP contribution in [0, 0.1) is 5.92 Å². The van der Waals surface area contributed by atoms with E-state index in [1.54, 1.807) is 24.3 Å². The first-order valence-corrected chi connectivity index (χ1v) is 7.51. The Morgan fingerprint density at radius 3 is 2.36 bits per heavy atom. The van der Waals surface area contributed by atoms with Crippen molar-refractivity contribution < 1.29 is 14.3 Å². The highest BCUT2D eigenvalue weighted by Gasteiger charge is 2.24. The molecule has 0 aliphatic heterocycles. The van der Waals surface area contributed by atoms with Gasteiger partial charge in [0.15, 0.2) is 0 Å². The summed E-state index contributed by atoms with van der Waals surface area (Å²) in [6.45, 7) is 6.98. The van der Waals surface area contributed by atoms with Crippen LogP contribution in [0.25, 0.3) is 0 Å². The van der Waals surface area contributed by atoms with Crippen LogP contribution < -0.4 is 21.1 Å². The predicted octanol–water partition coefficient (Wildman–Crippen LogP) is 0.915.